The summed E-state index contributed by atoms with van der Waals surface area (Å²) in [5.74, 6) is -0.768. The van der Waals surface area contributed by atoms with Crippen LogP contribution in [0.2, 0.25) is 0 Å². The molecule has 76 valence electrons. The maximum Gasteiger partial charge on any atom is 0.306 e. The monoisotopic (exact) mass is 186 g/mol. The summed E-state index contributed by atoms with van der Waals surface area (Å²) in [6.45, 7) is 2.89. The number of hydrogen-bond donors (Lipinski definition) is 1. The van der Waals surface area contributed by atoms with E-state index < -0.39 is 5.97 Å². The largest absolute Gasteiger partial charge is 0.481 e. The smallest absolute Gasteiger partial charge is 0.306 e. The van der Waals surface area contributed by atoms with Crippen molar-refractivity contribution in [2.24, 2.45) is 5.92 Å². The van der Waals surface area contributed by atoms with Crippen LogP contribution in [0.1, 0.15) is 39.0 Å². The molecule has 3 nitrogen and oxygen atoms in total. The van der Waals surface area contributed by atoms with Crippen LogP contribution in [0, 0.1) is 5.92 Å². The molecular weight excluding hydrogens is 168 g/mol. The van der Waals surface area contributed by atoms with Crippen LogP contribution in [0.15, 0.2) is 0 Å². The predicted molar refractivity (Wildman–Crippen MR) is 49.6 cm³/mol. The quantitative estimate of drug-likeness (QED) is 0.731. The first kappa shape index (κ1) is 10.5. The van der Waals surface area contributed by atoms with Crippen LogP contribution in [0.25, 0.3) is 0 Å². The molecule has 3 heteroatoms. The molecule has 0 bridgehead atoms. The molecular formula is C10H18O3. The van der Waals surface area contributed by atoms with Gasteiger partial charge in [0, 0.05) is 6.61 Å². The average molecular weight is 186 g/mol. The molecule has 1 saturated carbocycles. The highest BCUT2D eigenvalue weighted by molar-refractivity contribution is 5.69. The summed E-state index contributed by atoms with van der Waals surface area (Å²) in [7, 11) is 0. The second kappa shape index (κ2) is 5.22. The first-order valence-electron chi connectivity index (χ1n) is 5.08. The van der Waals surface area contributed by atoms with Gasteiger partial charge in [0.2, 0.25) is 0 Å². The van der Waals surface area contributed by atoms with Crippen LogP contribution >= 0.6 is 0 Å². The van der Waals surface area contributed by atoms with E-state index in [1.807, 2.05) is 0 Å². The third kappa shape index (κ3) is 3.35. The van der Waals surface area contributed by atoms with E-state index in [-0.39, 0.29) is 5.92 Å². The van der Waals surface area contributed by atoms with Gasteiger partial charge in [0.15, 0.2) is 0 Å². The van der Waals surface area contributed by atoms with Crippen molar-refractivity contribution in [3.05, 3.63) is 0 Å². The van der Waals surface area contributed by atoms with E-state index in [4.69, 9.17) is 9.84 Å². The zero-order chi connectivity index (χ0) is 9.68. The van der Waals surface area contributed by atoms with Gasteiger partial charge in [0.1, 0.15) is 0 Å². The normalized spacial score (nSPS) is 28.7. The van der Waals surface area contributed by atoms with Gasteiger partial charge < -0.3 is 9.84 Å². The van der Waals surface area contributed by atoms with Crippen LogP contribution in [-0.2, 0) is 9.53 Å². The molecule has 0 heterocycles. The number of carboxylic acid groups (broad SMARTS) is 1. The minimum Gasteiger partial charge on any atom is -0.481 e. The Morgan fingerprint density at radius 3 is 2.46 bits per heavy atom. The van der Waals surface area contributed by atoms with Crippen LogP contribution in [-0.4, -0.2) is 23.8 Å². The van der Waals surface area contributed by atoms with Gasteiger partial charge in [-0.05, 0) is 32.1 Å². The van der Waals surface area contributed by atoms with Crippen LogP contribution in [0.5, 0.6) is 0 Å². The summed E-state index contributed by atoms with van der Waals surface area (Å²) in [6, 6.07) is 0. The van der Waals surface area contributed by atoms with Crippen molar-refractivity contribution in [2.45, 2.75) is 45.1 Å². The fraction of sp³-hybridized carbons (Fsp3) is 0.900. The maximum atomic E-state index is 10.6. The van der Waals surface area contributed by atoms with Gasteiger partial charge in [-0.25, -0.2) is 0 Å². The Labute approximate surface area is 79.1 Å². The van der Waals surface area contributed by atoms with Crippen LogP contribution in [0.4, 0.5) is 0 Å². The van der Waals surface area contributed by atoms with Crippen LogP contribution in [0.3, 0.4) is 0 Å². The van der Waals surface area contributed by atoms with Gasteiger partial charge in [-0.1, -0.05) is 6.92 Å². The summed E-state index contributed by atoms with van der Waals surface area (Å²) < 4.78 is 5.57. The first-order valence-corrected chi connectivity index (χ1v) is 5.08. The number of hydrogen-bond acceptors (Lipinski definition) is 2. The molecule has 0 aromatic carbocycles. The van der Waals surface area contributed by atoms with Crippen molar-refractivity contribution < 1.29 is 14.6 Å². The highest BCUT2D eigenvalue weighted by Gasteiger charge is 2.25. The standard InChI is InChI=1S/C10H18O3/c1-2-7-13-9-5-3-8(4-6-9)10(11)12/h8-9H,2-7H2,1H3,(H,11,12)/t8-,9+. The van der Waals surface area contributed by atoms with E-state index in [2.05, 4.69) is 6.92 Å². The minimum absolute atomic E-state index is 0.124. The Bertz CT molecular complexity index is 160. The molecule has 1 aliphatic carbocycles. The lowest BCUT2D eigenvalue weighted by molar-refractivity contribution is -0.143. The third-order valence-corrected chi connectivity index (χ3v) is 2.58. The third-order valence-electron chi connectivity index (χ3n) is 2.58. The average Bonchev–Trinajstić information content (AvgIpc) is 2.15. The summed E-state index contributed by atoms with van der Waals surface area (Å²) in [5, 5.41) is 8.76. The summed E-state index contributed by atoms with van der Waals surface area (Å²) >= 11 is 0. The Balaban J connectivity index is 2.18. The summed E-state index contributed by atoms with van der Waals surface area (Å²) in [6.07, 6.45) is 4.75. The number of carbonyl (C=O) groups is 1. The second-order valence-electron chi connectivity index (χ2n) is 3.68. The Morgan fingerprint density at radius 1 is 1.38 bits per heavy atom. The Morgan fingerprint density at radius 2 is 2.00 bits per heavy atom. The van der Waals surface area contributed by atoms with Crippen molar-refractivity contribution in [1.82, 2.24) is 0 Å². The van der Waals surface area contributed by atoms with Crippen molar-refractivity contribution in [3.63, 3.8) is 0 Å². The van der Waals surface area contributed by atoms with E-state index in [1.54, 1.807) is 0 Å². The molecule has 0 spiro atoms. The van der Waals surface area contributed by atoms with Gasteiger partial charge in [0.05, 0.1) is 12.0 Å². The predicted octanol–water partition coefficient (Wildman–Crippen LogP) is 2.06. The van der Waals surface area contributed by atoms with Gasteiger partial charge in [-0.15, -0.1) is 0 Å². The molecule has 0 unspecified atom stereocenters. The van der Waals surface area contributed by atoms with E-state index in [0.717, 1.165) is 38.7 Å². The molecule has 1 aliphatic rings. The van der Waals surface area contributed by atoms with E-state index in [0.29, 0.717) is 6.10 Å². The Hall–Kier alpha value is -0.570. The molecule has 0 radical (unpaired) electrons. The SMILES string of the molecule is CCCO[C@H]1CC[C@@H](C(=O)O)CC1. The molecule has 13 heavy (non-hydrogen) atoms. The highest BCUT2D eigenvalue weighted by atomic mass is 16.5. The lowest BCUT2D eigenvalue weighted by Crippen LogP contribution is -2.26. The molecule has 0 saturated heterocycles. The highest BCUT2D eigenvalue weighted by Crippen LogP contribution is 2.26. The fourth-order valence-electron chi connectivity index (χ4n) is 1.76. The number of ether oxygens (including phenoxy) is 1. The second-order valence-corrected chi connectivity index (χ2v) is 3.68. The van der Waals surface area contributed by atoms with Gasteiger partial charge in [-0.3, -0.25) is 4.79 Å². The maximum absolute atomic E-state index is 10.6. The Kier molecular flexibility index (Phi) is 4.22. The molecule has 1 N–H and O–H groups in total. The topological polar surface area (TPSA) is 46.5 Å². The molecule has 1 rings (SSSR count). The number of carboxylic acids is 1. The van der Waals surface area contributed by atoms with Gasteiger partial charge >= 0.3 is 5.97 Å². The van der Waals surface area contributed by atoms with Crippen LogP contribution < -0.4 is 0 Å². The van der Waals surface area contributed by atoms with Crippen molar-refractivity contribution in [1.29, 1.82) is 0 Å². The molecule has 0 aliphatic heterocycles. The molecule has 0 aromatic heterocycles. The number of rotatable bonds is 4. The molecule has 1 fully saturated rings. The van der Waals surface area contributed by atoms with E-state index in [9.17, 15) is 4.79 Å². The number of aliphatic carboxylic acids is 1. The first-order chi connectivity index (χ1) is 6.24. The minimum atomic E-state index is -0.644. The lowest BCUT2D eigenvalue weighted by Gasteiger charge is -2.25. The van der Waals surface area contributed by atoms with Gasteiger partial charge in [0.25, 0.3) is 0 Å². The van der Waals surface area contributed by atoms with E-state index >= 15 is 0 Å². The zero-order valence-corrected chi connectivity index (χ0v) is 8.16. The summed E-state index contributed by atoms with van der Waals surface area (Å²) in [4.78, 5) is 10.6. The van der Waals surface area contributed by atoms with Gasteiger partial charge in [-0.2, -0.15) is 0 Å². The molecule has 0 atom stereocenters. The summed E-state index contributed by atoms with van der Waals surface area (Å²) in [5.41, 5.74) is 0. The molecule has 0 amide bonds. The zero-order valence-electron chi connectivity index (χ0n) is 8.16. The fourth-order valence-corrected chi connectivity index (χ4v) is 1.76. The van der Waals surface area contributed by atoms with Crippen molar-refractivity contribution >= 4 is 5.97 Å². The molecule has 0 aromatic rings. The van der Waals surface area contributed by atoms with E-state index in [1.165, 1.54) is 0 Å². The lowest BCUT2D eigenvalue weighted by atomic mass is 9.87. The van der Waals surface area contributed by atoms with Crippen molar-refractivity contribution in [3.8, 4) is 0 Å². The van der Waals surface area contributed by atoms with Crippen molar-refractivity contribution in [2.75, 3.05) is 6.61 Å².